The molecule has 5 nitrogen and oxygen atoms in total. The number of anilines is 1. The van der Waals surface area contributed by atoms with E-state index in [2.05, 4.69) is 10.3 Å². The van der Waals surface area contributed by atoms with Gasteiger partial charge in [-0.3, -0.25) is 14.5 Å². The van der Waals surface area contributed by atoms with Crippen LogP contribution >= 0.6 is 11.6 Å². The standard InChI is InChI=1S/C31H28ClF2N3O2/c32-25-19-24(15-16-26(25)34)37(31(39)28-18-17-27(36-28)20-7-3-1-4-8-20)29(21-11-13-22(33)14-12-21)30(38)35-23-9-5-2-6-10-23/h1,3-4,7-8,11-19,23,29,36H,2,5-6,9-10H2,(H,35,38)/t29-/m0/s1. The lowest BCUT2D eigenvalue weighted by Gasteiger charge is -2.33. The molecule has 0 unspecified atom stereocenters. The quantitative estimate of drug-likeness (QED) is 0.252. The van der Waals surface area contributed by atoms with Crippen LogP contribution in [0.25, 0.3) is 11.3 Å². The Hall–Kier alpha value is -3.97. The molecule has 1 aliphatic rings. The Balaban J connectivity index is 1.59. The molecule has 0 aliphatic heterocycles. The Morgan fingerprint density at radius 3 is 2.31 bits per heavy atom. The monoisotopic (exact) mass is 547 g/mol. The Kier molecular flexibility index (Phi) is 8.07. The van der Waals surface area contributed by atoms with Gasteiger partial charge >= 0.3 is 0 Å². The van der Waals surface area contributed by atoms with E-state index in [1.54, 1.807) is 12.1 Å². The average Bonchev–Trinajstić information content (AvgIpc) is 3.45. The van der Waals surface area contributed by atoms with Crippen molar-refractivity contribution in [1.29, 1.82) is 0 Å². The maximum Gasteiger partial charge on any atom is 0.275 e. The minimum absolute atomic E-state index is 0.0295. The Bertz CT molecular complexity index is 1450. The van der Waals surface area contributed by atoms with Gasteiger partial charge in [0.15, 0.2) is 0 Å². The highest BCUT2D eigenvalue weighted by Gasteiger charge is 2.35. The number of rotatable bonds is 7. The molecular formula is C31H28ClF2N3O2. The third kappa shape index (κ3) is 6.04. The first-order valence-electron chi connectivity index (χ1n) is 13.0. The normalized spacial score (nSPS) is 14.5. The molecule has 8 heteroatoms. The van der Waals surface area contributed by atoms with E-state index in [4.69, 9.17) is 11.6 Å². The summed E-state index contributed by atoms with van der Waals surface area (Å²) >= 11 is 6.13. The molecule has 39 heavy (non-hydrogen) atoms. The van der Waals surface area contributed by atoms with Crippen molar-refractivity contribution in [3.8, 4) is 11.3 Å². The summed E-state index contributed by atoms with van der Waals surface area (Å²) in [6.07, 6.45) is 4.81. The summed E-state index contributed by atoms with van der Waals surface area (Å²) in [7, 11) is 0. The van der Waals surface area contributed by atoms with Gasteiger partial charge in [-0.15, -0.1) is 0 Å². The fraction of sp³-hybridized carbons (Fsp3) is 0.226. The van der Waals surface area contributed by atoms with Gasteiger partial charge in [-0.25, -0.2) is 8.78 Å². The average molecular weight is 548 g/mol. The first-order chi connectivity index (χ1) is 18.9. The van der Waals surface area contributed by atoms with E-state index in [1.165, 1.54) is 41.3 Å². The molecule has 3 aromatic carbocycles. The predicted octanol–water partition coefficient (Wildman–Crippen LogP) is 7.45. The van der Waals surface area contributed by atoms with Crippen LogP contribution < -0.4 is 10.2 Å². The van der Waals surface area contributed by atoms with Crippen molar-refractivity contribution in [1.82, 2.24) is 10.3 Å². The molecule has 2 N–H and O–H groups in total. The van der Waals surface area contributed by atoms with Crippen molar-refractivity contribution in [3.63, 3.8) is 0 Å². The van der Waals surface area contributed by atoms with Gasteiger partial charge in [-0.1, -0.05) is 73.3 Å². The van der Waals surface area contributed by atoms with Gasteiger partial charge in [-0.05, 0) is 66.4 Å². The number of carbonyl (C=O) groups is 2. The topological polar surface area (TPSA) is 65.2 Å². The number of aromatic amines is 1. The molecular weight excluding hydrogens is 520 g/mol. The van der Waals surface area contributed by atoms with E-state index >= 15 is 0 Å². The molecule has 4 aromatic rings. The van der Waals surface area contributed by atoms with Gasteiger partial charge in [0, 0.05) is 17.4 Å². The fourth-order valence-corrected chi connectivity index (χ4v) is 5.22. The number of aromatic nitrogens is 1. The van der Waals surface area contributed by atoms with Crippen molar-refractivity contribution >= 4 is 29.1 Å². The molecule has 1 saturated carbocycles. The number of halogens is 3. The smallest absolute Gasteiger partial charge is 0.275 e. The summed E-state index contributed by atoms with van der Waals surface area (Å²) < 4.78 is 28.0. The van der Waals surface area contributed by atoms with Crippen LogP contribution in [-0.2, 0) is 4.79 Å². The van der Waals surface area contributed by atoms with Crippen LogP contribution in [0.15, 0.2) is 84.9 Å². The second kappa shape index (κ2) is 11.8. The number of amides is 2. The van der Waals surface area contributed by atoms with Crippen molar-refractivity contribution in [2.45, 2.75) is 44.2 Å². The first kappa shape index (κ1) is 26.6. The van der Waals surface area contributed by atoms with E-state index in [0.29, 0.717) is 5.56 Å². The lowest BCUT2D eigenvalue weighted by Crippen LogP contribution is -2.47. The largest absolute Gasteiger partial charge is 0.351 e. The van der Waals surface area contributed by atoms with Gasteiger partial charge in [0.1, 0.15) is 23.4 Å². The maximum absolute atomic E-state index is 14.2. The highest BCUT2D eigenvalue weighted by Crippen LogP contribution is 2.33. The summed E-state index contributed by atoms with van der Waals surface area (Å²) in [5.74, 6) is -2.04. The van der Waals surface area contributed by atoms with Crippen molar-refractivity contribution in [2.75, 3.05) is 4.90 Å². The third-order valence-electron chi connectivity index (χ3n) is 7.05. The number of nitrogens with one attached hydrogen (secondary N) is 2. The number of benzene rings is 3. The summed E-state index contributed by atoms with van der Waals surface area (Å²) in [6, 6.07) is 21.1. The van der Waals surface area contributed by atoms with Crippen molar-refractivity contribution in [2.24, 2.45) is 0 Å². The van der Waals surface area contributed by atoms with Crippen molar-refractivity contribution < 1.29 is 18.4 Å². The minimum Gasteiger partial charge on any atom is -0.351 e. The molecule has 1 aliphatic carbocycles. The zero-order valence-electron chi connectivity index (χ0n) is 21.2. The van der Waals surface area contributed by atoms with E-state index in [1.807, 2.05) is 30.3 Å². The minimum atomic E-state index is -1.16. The summed E-state index contributed by atoms with van der Waals surface area (Å²) in [5.41, 5.74) is 2.48. The third-order valence-corrected chi connectivity index (χ3v) is 7.33. The second-order valence-electron chi connectivity index (χ2n) is 9.72. The van der Waals surface area contributed by atoms with Crippen LogP contribution in [0.5, 0.6) is 0 Å². The van der Waals surface area contributed by atoms with Gasteiger partial charge in [0.2, 0.25) is 5.91 Å². The van der Waals surface area contributed by atoms with Gasteiger partial charge in [-0.2, -0.15) is 0 Å². The summed E-state index contributed by atoms with van der Waals surface area (Å²) in [4.78, 5) is 32.5. The van der Waals surface area contributed by atoms with Crippen molar-refractivity contribution in [3.05, 3.63) is 113 Å². The molecule has 1 atom stereocenters. The molecule has 200 valence electrons. The fourth-order valence-electron chi connectivity index (χ4n) is 5.04. The molecule has 1 heterocycles. The molecule has 2 amide bonds. The molecule has 0 radical (unpaired) electrons. The lowest BCUT2D eigenvalue weighted by atomic mass is 9.94. The van der Waals surface area contributed by atoms with Gasteiger partial charge < -0.3 is 10.3 Å². The molecule has 0 bridgehead atoms. The number of carbonyl (C=O) groups excluding carboxylic acids is 2. The molecule has 0 spiro atoms. The van der Waals surface area contributed by atoms with Gasteiger partial charge in [0.05, 0.1) is 5.02 Å². The Labute approximate surface area is 230 Å². The SMILES string of the molecule is O=C(NC1CCCCC1)[C@H](c1ccc(F)cc1)N(C(=O)c1ccc(-c2ccccc2)[nH]1)c1ccc(F)c(Cl)c1. The van der Waals surface area contributed by atoms with Crippen LogP contribution in [0.3, 0.4) is 0 Å². The van der Waals surface area contributed by atoms with E-state index in [9.17, 15) is 18.4 Å². The van der Waals surface area contributed by atoms with E-state index in [-0.39, 0.29) is 22.4 Å². The first-order valence-corrected chi connectivity index (χ1v) is 13.4. The summed E-state index contributed by atoms with van der Waals surface area (Å²) in [5, 5.41) is 2.91. The van der Waals surface area contributed by atoms with Crippen LogP contribution in [0, 0.1) is 11.6 Å². The van der Waals surface area contributed by atoms with Gasteiger partial charge in [0.25, 0.3) is 5.91 Å². The second-order valence-corrected chi connectivity index (χ2v) is 10.1. The number of hydrogen-bond donors (Lipinski definition) is 2. The molecule has 1 aromatic heterocycles. The van der Waals surface area contributed by atoms with E-state index in [0.717, 1.165) is 49.4 Å². The van der Waals surface area contributed by atoms with Crippen LogP contribution in [0.1, 0.15) is 54.2 Å². The predicted molar refractivity (Wildman–Crippen MR) is 149 cm³/mol. The van der Waals surface area contributed by atoms with Crippen LogP contribution in [0.4, 0.5) is 14.5 Å². The van der Waals surface area contributed by atoms with E-state index < -0.39 is 29.5 Å². The maximum atomic E-state index is 14.2. The molecule has 0 saturated heterocycles. The summed E-state index contributed by atoms with van der Waals surface area (Å²) in [6.45, 7) is 0. The molecule has 5 rings (SSSR count). The Morgan fingerprint density at radius 2 is 1.62 bits per heavy atom. The number of hydrogen-bond acceptors (Lipinski definition) is 2. The number of H-pyrrole nitrogens is 1. The lowest BCUT2D eigenvalue weighted by molar-refractivity contribution is -0.123. The zero-order chi connectivity index (χ0) is 27.4. The Morgan fingerprint density at radius 1 is 0.897 bits per heavy atom. The molecule has 1 fully saturated rings. The van der Waals surface area contributed by atoms with Crippen LogP contribution in [0.2, 0.25) is 5.02 Å². The highest BCUT2D eigenvalue weighted by atomic mass is 35.5. The zero-order valence-corrected chi connectivity index (χ0v) is 21.9. The highest BCUT2D eigenvalue weighted by molar-refractivity contribution is 6.31. The van der Waals surface area contributed by atoms with Crippen LogP contribution in [-0.4, -0.2) is 22.8 Å². The number of nitrogens with zero attached hydrogens (tertiary/aromatic N) is 1.